The van der Waals surface area contributed by atoms with Crippen molar-refractivity contribution in [2.75, 3.05) is 18.5 Å². The van der Waals surface area contributed by atoms with Gasteiger partial charge >= 0.3 is 6.18 Å². The van der Waals surface area contributed by atoms with Crippen molar-refractivity contribution in [2.24, 2.45) is 0 Å². The zero-order chi connectivity index (χ0) is 19.5. The molecule has 26 heavy (non-hydrogen) atoms. The summed E-state index contributed by atoms with van der Waals surface area (Å²) in [4.78, 5) is 25.8. The molecule has 5 nitrogen and oxygen atoms in total. The molecule has 1 unspecified atom stereocenters. The molecule has 1 aromatic rings. The topological polar surface area (TPSA) is 58.6 Å². The van der Waals surface area contributed by atoms with Crippen LogP contribution in [0.5, 0.6) is 5.75 Å². The first-order chi connectivity index (χ1) is 12.1. The maximum atomic E-state index is 12.5. The Morgan fingerprint density at radius 1 is 1.35 bits per heavy atom. The Kier molecular flexibility index (Phi) is 6.63. The van der Waals surface area contributed by atoms with Gasteiger partial charge in [-0.15, -0.1) is 0 Å². The molecule has 1 aromatic carbocycles. The summed E-state index contributed by atoms with van der Waals surface area (Å²) in [5.74, 6) is -0.816. The van der Waals surface area contributed by atoms with Crippen LogP contribution in [-0.2, 0) is 9.59 Å². The molecular weight excluding hydrogens is 396 g/mol. The van der Waals surface area contributed by atoms with Crippen molar-refractivity contribution < 1.29 is 27.5 Å². The van der Waals surface area contributed by atoms with E-state index in [1.54, 1.807) is 6.92 Å². The predicted molar refractivity (Wildman–Crippen MR) is 91.7 cm³/mol. The molecule has 1 aliphatic heterocycles. The van der Waals surface area contributed by atoms with Gasteiger partial charge in [-0.3, -0.25) is 9.59 Å². The highest BCUT2D eigenvalue weighted by Gasteiger charge is 2.32. The maximum Gasteiger partial charge on any atom is 0.422 e. The van der Waals surface area contributed by atoms with E-state index in [-0.39, 0.29) is 27.4 Å². The van der Waals surface area contributed by atoms with Gasteiger partial charge in [0.1, 0.15) is 6.04 Å². The highest BCUT2D eigenvalue weighted by atomic mass is 35.5. The number of carbonyl (C=O) groups excluding carboxylic acids is 2. The second-order valence-electron chi connectivity index (χ2n) is 5.78. The number of carbonyl (C=O) groups is 2. The lowest BCUT2D eigenvalue weighted by Crippen LogP contribution is -2.44. The zero-order valence-electron chi connectivity index (χ0n) is 13.8. The average Bonchev–Trinajstić information content (AvgIpc) is 2.92. The predicted octanol–water partition coefficient (Wildman–Crippen LogP) is 4.27. The molecule has 1 saturated heterocycles. The number of rotatable bonds is 6. The fourth-order valence-corrected chi connectivity index (χ4v) is 3.29. The fourth-order valence-electron chi connectivity index (χ4n) is 2.70. The Labute approximate surface area is 158 Å². The molecule has 0 aliphatic carbocycles. The molecule has 144 valence electrons. The van der Waals surface area contributed by atoms with Gasteiger partial charge in [-0.1, -0.05) is 30.1 Å². The van der Waals surface area contributed by atoms with Crippen LogP contribution < -0.4 is 10.1 Å². The summed E-state index contributed by atoms with van der Waals surface area (Å²) in [6.07, 6.45) is -3.00. The smallest absolute Gasteiger partial charge is 0.422 e. The molecule has 0 bridgehead atoms. The number of nitrogens with zero attached hydrogens (tertiary/aromatic N) is 1. The van der Waals surface area contributed by atoms with E-state index >= 15 is 0 Å². The monoisotopic (exact) mass is 412 g/mol. The third-order valence-corrected chi connectivity index (χ3v) is 4.38. The minimum absolute atomic E-state index is 0.0843. The van der Waals surface area contributed by atoms with E-state index in [9.17, 15) is 22.8 Å². The minimum atomic E-state index is -4.53. The lowest BCUT2D eigenvalue weighted by molar-refractivity contribution is -0.153. The van der Waals surface area contributed by atoms with E-state index in [0.29, 0.717) is 25.8 Å². The molecular formula is C16H17Cl2F3N2O3. The molecule has 2 rings (SSSR count). The van der Waals surface area contributed by atoms with Crippen LogP contribution >= 0.6 is 23.2 Å². The molecule has 10 heteroatoms. The molecule has 0 saturated carbocycles. The largest absolute Gasteiger partial charge is 0.481 e. The SMILES string of the molecule is CCC(C(=O)Nc1cc(Cl)c(OCC(F)(F)F)c(Cl)c1)N1CCCC1=O. The standard InChI is InChI=1S/C16H17Cl2F3N2O3/c1-2-12(23-5-3-4-13(23)24)15(25)22-9-6-10(17)14(11(18)7-9)26-8-16(19,20)21/h6-7,12H,2-5,8H2,1H3,(H,22,25). The summed E-state index contributed by atoms with van der Waals surface area (Å²) in [7, 11) is 0. The first kappa shape index (κ1) is 20.6. The van der Waals surface area contributed by atoms with Gasteiger partial charge in [-0.05, 0) is 25.0 Å². The zero-order valence-corrected chi connectivity index (χ0v) is 15.3. The number of alkyl halides is 3. The quantitative estimate of drug-likeness (QED) is 0.758. The number of ether oxygens (including phenoxy) is 1. The second kappa shape index (κ2) is 8.35. The third kappa shape index (κ3) is 5.17. The molecule has 0 spiro atoms. The molecule has 0 radical (unpaired) electrons. The minimum Gasteiger partial charge on any atom is -0.481 e. The molecule has 2 amide bonds. The van der Waals surface area contributed by atoms with Crippen molar-refractivity contribution in [3.05, 3.63) is 22.2 Å². The summed E-state index contributed by atoms with van der Waals surface area (Å²) in [5.41, 5.74) is 0.203. The number of benzene rings is 1. The number of anilines is 1. The molecule has 1 aliphatic rings. The van der Waals surface area contributed by atoms with E-state index < -0.39 is 24.7 Å². The van der Waals surface area contributed by atoms with Crippen LogP contribution in [0.1, 0.15) is 26.2 Å². The van der Waals surface area contributed by atoms with Crippen molar-refractivity contribution in [3.63, 3.8) is 0 Å². The number of hydrogen-bond acceptors (Lipinski definition) is 3. The first-order valence-electron chi connectivity index (χ1n) is 7.91. The third-order valence-electron chi connectivity index (χ3n) is 3.82. The number of halogens is 5. The lowest BCUT2D eigenvalue weighted by Gasteiger charge is -2.26. The van der Waals surface area contributed by atoms with Crippen LogP contribution in [0, 0.1) is 0 Å². The number of hydrogen-bond donors (Lipinski definition) is 1. The van der Waals surface area contributed by atoms with Gasteiger partial charge in [0, 0.05) is 18.7 Å². The number of nitrogens with one attached hydrogen (secondary N) is 1. The summed E-state index contributed by atoms with van der Waals surface area (Å²) < 4.78 is 41.4. The summed E-state index contributed by atoms with van der Waals surface area (Å²) in [6, 6.07) is 1.86. The second-order valence-corrected chi connectivity index (χ2v) is 6.59. The Bertz CT molecular complexity index is 675. The van der Waals surface area contributed by atoms with Crippen LogP contribution in [0.2, 0.25) is 10.0 Å². The maximum absolute atomic E-state index is 12.5. The van der Waals surface area contributed by atoms with Gasteiger partial charge in [0.25, 0.3) is 0 Å². The van der Waals surface area contributed by atoms with Crippen LogP contribution in [0.3, 0.4) is 0 Å². The summed E-state index contributed by atoms with van der Waals surface area (Å²) >= 11 is 11.8. The summed E-state index contributed by atoms with van der Waals surface area (Å²) in [6.45, 7) is 0.757. The normalized spacial score (nSPS) is 15.9. The van der Waals surface area contributed by atoms with Crippen molar-refractivity contribution in [3.8, 4) is 5.75 Å². The van der Waals surface area contributed by atoms with E-state index in [4.69, 9.17) is 23.2 Å². The van der Waals surface area contributed by atoms with E-state index in [1.807, 2.05) is 0 Å². The van der Waals surface area contributed by atoms with Gasteiger partial charge in [-0.25, -0.2) is 0 Å². The highest BCUT2D eigenvalue weighted by molar-refractivity contribution is 6.37. The van der Waals surface area contributed by atoms with Crippen LogP contribution in [0.25, 0.3) is 0 Å². The summed E-state index contributed by atoms with van der Waals surface area (Å²) in [5, 5.41) is 2.26. The molecule has 0 aromatic heterocycles. The fraction of sp³-hybridized carbons (Fsp3) is 0.500. The van der Waals surface area contributed by atoms with Gasteiger partial charge in [0.05, 0.1) is 10.0 Å². The Hall–Kier alpha value is -1.67. The van der Waals surface area contributed by atoms with E-state index in [2.05, 4.69) is 10.1 Å². The Morgan fingerprint density at radius 2 is 1.96 bits per heavy atom. The molecule has 1 N–H and O–H groups in total. The van der Waals surface area contributed by atoms with Gasteiger partial charge < -0.3 is 15.0 Å². The Morgan fingerprint density at radius 3 is 2.42 bits per heavy atom. The van der Waals surface area contributed by atoms with Gasteiger partial charge in [-0.2, -0.15) is 13.2 Å². The van der Waals surface area contributed by atoms with Crippen molar-refractivity contribution in [2.45, 2.75) is 38.4 Å². The molecule has 1 fully saturated rings. The Balaban J connectivity index is 2.11. The lowest BCUT2D eigenvalue weighted by atomic mass is 10.1. The highest BCUT2D eigenvalue weighted by Crippen LogP contribution is 2.37. The van der Waals surface area contributed by atoms with E-state index in [1.165, 1.54) is 17.0 Å². The van der Waals surface area contributed by atoms with Crippen molar-refractivity contribution >= 4 is 40.7 Å². The van der Waals surface area contributed by atoms with Crippen molar-refractivity contribution in [1.82, 2.24) is 4.90 Å². The van der Waals surface area contributed by atoms with Crippen LogP contribution in [-0.4, -0.2) is 42.1 Å². The van der Waals surface area contributed by atoms with Crippen molar-refractivity contribution in [1.29, 1.82) is 0 Å². The van der Waals surface area contributed by atoms with Crippen LogP contribution in [0.4, 0.5) is 18.9 Å². The van der Waals surface area contributed by atoms with Gasteiger partial charge in [0.15, 0.2) is 12.4 Å². The van der Waals surface area contributed by atoms with Crippen LogP contribution in [0.15, 0.2) is 12.1 Å². The number of likely N-dealkylation sites (tertiary alicyclic amines) is 1. The number of amides is 2. The van der Waals surface area contributed by atoms with E-state index in [0.717, 1.165) is 0 Å². The molecule has 1 atom stereocenters. The molecule has 1 heterocycles. The van der Waals surface area contributed by atoms with Gasteiger partial charge in [0.2, 0.25) is 11.8 Å². The average molecular weight is 413 g/mol. The first-order valence-corrected chi connectivity index (χ1v) is 8.67.